The molecule has 0 bridgehead atoms. The Hall–Kier alpha value is -2.92. The highest BCUT2D eigenvalue weighted by Gasteiger charge is 2.31. The Morgan fingerprint density at radius 3 is 2.58 bits per heavy atom. The number of fused-ring (bicyclic) bond motifs is 1. The van der Waals surface area contributed by atoms with Gasteiger partial charge in [-0.3, -0.25) is 9.69 Å². The third kappa shape index (κ3) is 3.26. The van der Waals surface area contributed by atoms with Crippen molar-refractivity contribution in [3.8, 4) is 5.69 Å². The summed E-state index contributed by atoms with van der Waals surface area (Å²) < 4.78 is 1.88. The van der Waals surface area contributed by atoms with E-state index in [1.165, 1.54) is 11.1 Å². The Bertz CT molecular complexity index is 903. The average molecular weight is 346 g/mol. The van der Waals surface area contributed by atoms with E-state index in [-0.39, 0.29) is 11.9 Å². The Kier molecular flexibility index (Phi) is 4.54. The molecule has 1 aliphatic rings. The summed E-state index contributed by atoms with van der Waals surface area (Å²) in [5.74, 6) is 0.0574. The van der Waals surface area contributed by atoms with Crippen LogP contribution in [0, 0.1) is 0 Å². The first-order valence-electron chi connectivity index (χ1n) is 8.87. The molecule has 1 aliphatic heterocycles. The number of nitrogens with zero attached hydrogens (tertiary/aromatic N) is 3. The molecule has 1 amide bonds. The maximum absolute atomic E-state index is 12.4. The second-order valence-corrected chi connectivity index (χ2v) is 6.60. The van der Waals surface area contributed by atoms with Crippen LogP contribution in [0.15, 0.2) is 66.9 Å². The molecule has 2 heterocycles. The Morgan fingerprint density at radius 1 is 1.08 bits per heavy atom. The first-order chi connectivity index (χ1) is 12.7. The summed E-state index contributed by atoms with van der Waals surface area (Å²) in [7, 11) is 1.70. The van der Waals surface area contributed by atoms with E-state index in [0.717, 1.165) is 24.3 Å². The Morgan fingerprint density at radius 2 is 1.81 bits per heavy atom. The monoisotopic (exact) mass is 346 g/mol. The van der Waals surface area contributed by atoms with Crippen LogP contribution in [0.3, 0.4) is 0 Å². The number of hydrogen-bond acceptors (Lipinski definition) is 3. The van der Waals surface area contributed by atoms with E-state index in [0.29, 0.717) is 6.54 Å². The van der Waals surface area contributed by atoms with Crippen molar-refractivity contribution in [2.24, 2.45) is 0 Å². The van der Waals surface area contributed by atoms with Gasteiger partial charge in [0.05, 0.1) is 17.4 Å². The van der Waals surface area contributed by atoms with Crippen LogP contribution in [-0.4, -0.2) is 33.7 Å². The van der Waals surface area contributed by atoms with Gasteiger partial charge in [0.25, 0.3) is 0 Å². The van der Waals surface area contributed by atoms with Crippen LogP contribution in [-0.2, 0) is 24.3 Å². The highest BCUT2D eigenvalue weighted by atomic mass is 16.2. The van der Waals surface area contributed by atoms with Gasteiger partial charge in [0, 0.05) is 26.3 Å². The largest absolute Gasteiger partial charge is 0.358 e. The minimum atomic E-state index is -0.170. The third-order valence-electron chi connectivity index (χ3n) is 4.93. The standard InChI is InChI=1S/C21H22N4O/c1-22-21(26)20-13-16-7-5-6-8-17(16)14-24(20)15-18-11-12-25(23-18)19-9-3-2-4-10-19/h2-12,20H,13-15H2,1H3,(H,22,26)/t20-/m1/s1. The van der Waals surface area contributed by atoms with Crippen LogP contribution in [0.1, 0.15) is 16.8 Å². The number of rotatable bonds is 4. The summed E-state index contributed by atoms with van der Waals surface area (Å²) >= 11 is 0. The van der Waals surface area contributed by atoms with Gasteiger partial charge in [-0.1, -0.05) is 42.5 Å². The van der Waals surface area contributed by atoms with Crippen LogP contribution in [0.5, 0.6) is 0 Å². The number of nitrogens with one attached hydrogen (secondary N) is 1. The van der Waals surface area contributed by atoms with Gasteiger partial charge in [0.15, 0.2) is 0 Å². The Balaban J connectivity index is 1.58. The fourth-order valence-electron chi connectivity index (χ4n) is 3.55. The van der Waals surface area contributed by atoms with Crippen molar-refractivity contribution >= 4 is 5.91 Å². The highest BCUT2D eigenvalue weighted by Crippen LogP contribution is 2.25. The lowest BCUT2D eigenvalue weighted by Crippen LogP contribution is -2.49. The van der Waals surface area contributed by atoms with E-state index in [9.17, 15) is 4.79 Å². The first-order valence-corrected chi connectivity index (χ1v) is 8.87. The smallest absolute Gasteiger partial charge is 0.237 e. The molecule has 0 radical (unpaired) electrons. The molecule has 5 nitrogen and oxygen atoms in total. The lowest BCUT2D eigenvalue weighted by molar-refractivity contribution is -0.126. The normalized spacial score (nSPS) is 16.9. The molecule has 0 fully saturated rings. The third-order valence-corrected chi connectivity index (χ3v) is 4.93. The zero-order valence-corrected chi connectivity index (χ0v) is 14.8. The van der Waals surface area contributed by atoms with Gasteiger partial charge in [-0.2, -0.15) is 5.10 Å². The van der Waals surface area contributed by atoms with Crippen LogP contribution >= 0.6 is 0 Å². The number of para-hydroxylation sites is 1. The molecule has 0 unspecified atom stereocenters. The van der Waals surface area contributed by atoms with Crippen LogP contribution in [0.4, 0.5) is 0 Å². The average Bonchev–Trinajstić information content (AvgIpc) is 3.16. The van der Waals surface area contributed by atoms with Crippen LogP contribution < -0.4 is 5.32 Å². The second kappa shape index (κ2) is 7.14. The minimum Gasteiger partial charge on any atom is -0.358 e. The quantitative estimate of drug-likeness (QED) is 0.790. The van der Waals surface area contributed by atoms with E-state index in [1.807, 2.05) is 53.3 Å². The summed E-state index contributed by atoms with van der Waals surface area (Å²) in [4.78, 5) is 14.6. The molecule has 4 rings (SSSR count). The summed E-state index contributed by atoms with van der Waals surface area (Å²) in [6.45, 7) is 1.40. The van der Waals surface area contributed by atoms with Crippen molar-refractivity contribution in [3.05, 3.63) is 83.7 Å². The van der Waals surface area contributed by atoms with Crippen molar-refractivity contribution in [2.75, 3.05) is 7.05 Å². The molecule has 2 aromatic carbocycles. The number of benzene rings is 2. The predicted octanol–water partition coefficient (Wildman–Crippen LogP) is 2.55. The lowest BCUT2D eigenvalue weighted by Gasteiger charge is -2.35. The number of carbonyl (C=O) groups is 1. The summed E-state index contributed by atoms with van der Waals surface area (Å²) in [5, 5.41) is 7.50. The van der Waals surface area contributed by atoms with Gasteiger partial charge in [0.2, 0.25) is 5.91 Å². The zero-order chi connectivity index (χ0) is 17.9. The van der Waals surface area contributed by atoms with Crippen molar-refractivity contribution < 1.29 is 4.79 Å². The molecular formula is C21H22N4O. The van der Waals surface area contributed by atoms with E-state index in [2.05, 4.69) is 28.4 Å². The number of carbonyl (C=O) groups excluding carboxylic acids is 1. The molecule has 132 valence electrons. The molecule has 1 N–H and O–H groups in total. The van der Waals surface area contributed by atoms with Gasteiger partial charge in [-0.15, -0.1) is 0 Å². The lowest BCUT2D eigenvalue weighted by atomic mass is 9.93. The molecule has 26 heavy (non-hydrogen) atoms. The van der Waals surface area contributed by atoms with Crippen molar-refractivity contribution in [1.29, 1.82) is 0 Å². The summed E-state index contributed by atoms with van der Waals surface area (Å²) in [6.07, 6.45) is 2.70. The minimum absolute atomic E-state index is 0.0574. The SMILES string of the molecule is CNC(=O)[C@H]1Cc2ccccc2CN1Cc1ccn(-c2ccccc2)n1. The number of amides is 1. The predicted molar refractivity (Wildman–Crippen MR) is 101 cm³/mol. The fourth-order valence-corrected chi connectivity index (χ4v) is 3.55. The van der Waals surface area contributed by atoms with Gasteiger partial charge in [-0.25, -0.2) is 4.68 Å². The van der Waals surface area contributed by atoms with Crippen LogP contribution in [0.2, 0.25) is 0 Å². The topological polar surface area (TPSA) is 50.2 Å². The fraction of sp³-hybridized carbons (Fsp3) is 0.238. The van der Waals surface area contributed by atoms with Crippen molar-refractivity contribution in [2.45, 2.75) is 25.6 Å². The van der Waals surface area contributed by atoms with Crippen LogP contribution in [0.25, 0.3) is 5.69 Å². The van der Waals surface area contributed by atoms with Crippen molar-refractivity contribution in [3.63, 3.8) is 0 Å². The summed E-state index contributed by atoms with van der Waals surface area (Å²) in [6, 6.07) is 20.3. The zero-order valence-electron chi connectivity index (χ0n) is 14.8. The van der Waals surface area contributed by atoms with Gasteiger partial charge in [0.1, 0.15) is 0 Å². The molecule has 0 saturated heterocycles. The van der Waals surface area contributed by atoms with Gasteiger partial charge >= 0.3 is 0 Å². The molecule has 0 saturated carbocycles. The molecule has 0 spiro atoms. The Labute approximate surface area is 153 Å². The molecule has 1 aromatic heterocycles. The number of hydrogen-bond donors (Lipinski definition) is 1. The highest BCUT2D eigenvalue weighted by molar-refractivity contribution is 5.82. The van der Waals surface area contributed by atoms with E-state index in [1.54, 1.807) is 7.05 Å². The summed E-state index contributed by atoms with van der Waals surface area (Å²) in [5.41, 5.74) is 4.54. The maximum Gasteiger partial charge on any atom is 0.237 e. The van der Waals surface area contributed by atoms with E-state index >= 15 is 0 Å². The second-order valence-electron chi connectivity index (χ2n) is 6.60. The molecule has 3 aromatic rings. The molecule has 5 heteroatoms. The first kappa shape index (κ1) is 16.5. The van der Waals surface area contributed by atoms with Gasteiger partial charge < -0.3 is 5.32 Å². The van der Waals surface area contributed by atoms with E-state index < -0.39 is 0 Å². The number of aromatic nitrogens is 2. The molecule has 1 atom stereocenters. The maximum atomic E-state index is 12.4. The van der Waals surface area contributed by atoms with Gasteiger partial charge in [-0.05, 0) is 35.7 Å². The molecule has 0 aliphatic carbocycles. The van der Waals surface area contributed by atoms with Crippen molar-refractivity contribution in [1.82, 2.24) is 20.0 Å². The van der Waals surface area contributed by atoms with E-state index in [4.69, 9.17) is 5.10 Å². The molecular weight excluding hydrogens is 324 g/mol. The number of likely N-dealkylation sites (N-methyl/N-ethyl adjacent to an activating group) is 1.